The van der Waals surface area contributed by atoms with Gasteiger partial charge >= 0.3 is 5.97 Å². The van der Waals surface area contributed by atoms with Crippen molar-refractivity contribution < 1.29 is 28.7 Å². The van der Waals surface area contributed by atoms with Gasteiger partial charge in [0.25, 0.3) is 5.91 Å². The van der Waals surface area contributed by atoms with Crippen molar-refractivity contribution >= 4 is 35.3 Å². The van der Waals surface area contributed by atoms with Gasteiger partial charge in [-0.15, -0.1) is 0 Å². The van der Waals surface area contributed by atoms with Crippen LogP contribution in [0.25, 0.3) is 0 Å². The Morgan fingerprint density at radius 1 is 1.11 bits per heavy atom. The first kappa shape index (κ1) is 21.1. The van der Waals surface area contributed by atoms with E-state index in [0.717, 1.165) is 11.3 Å². The van der Waals surface area contributed by atoms with Crippen LogP contribution in [0, 0.1) is 0 Å². The minimum atomic E-state index is -0.743. The normalized spacial score (nSPS) is 14.6. The van der Waals surface area contributed by atoms with Crippen molar-refractivity contribution in [2.24, 2.45) is 0 Å². The highest BCUT2D eigenvalue weighted by Crippen LogP contribution is 2.22. The molecule has 1 aliphatic heterocycles. The molecule has 0 bridgehead atoms. The fourth-order valence-electron chi connectivity index (χ4n) is 2.58. The number of benzene rings is 1. The molecule has 1 aromatic rings. The first-order valence-electron chi connectivity index (χ1n) is 9.03. The zero-order valence-electron chi connectivity index (χ0n) is 15.8. The predicted molar refractivity (Wildman–Crippen MR) is 99.4 cm³/mol. The van der Waals surface area contributed by atoms with Gasteiger partial charge in [0.2, 0.25) is 17.7 Å². The average Bonchev–Trinajstić information content (AvgIpc) is 3.02. The number of hydrogen-bond donors (Lipinski definition) is 2. The Bertz CT molecular complexity index is 758. The summed E-state index contributed by atoms with van der Waals surface area (Å²) in [6.45, 7) is 3.43. The number of nitrogens with one attached hydrogen (secondary N) is 2. The third-order valence-corrected chi connectivity index (χ3v) is 4.07. The predicted octanol–water partition coefficient (Wildman–Crippen LogP) is 0.528. The molecule has 4 amide bonds. The van der Waals surface area contributed by atoms with Crippen LogP contribution in [0.15, 0.2) is 24.3 Å². The molecule has 2 N–H and O–H groups in total. The molecule has 0 saturated carbocycles. The summed E-state index contributed by atoms with van der Waals surface area (Å²) in [5, 5.41) is 5.09. The second kappa shape index (κ2) is 9.63. The largest absolute Gasteiger partial charge is 0.452 e. The van der Waals surface area contributed by atoms with Crippen molar-refractivity contribution in [1.29, 1.82) is 0 Å². The van der Waals surface area contributed by atoms with Crippen LogP contribution < -0.4 is 15.5 Å². The van der Waals surface area contributed by atoms with Gasteiger partial charge in [-0.05, 0) is 37.6 Å². The van der Waals surface area contributed by atoms with Gasteiger partial charge in [-0.3, -0.25) is 24.1 Å². The summed E-state index contributed by atoms with van der Waals surface area (Å²) in [5.74, 6) is -2.22. The van der Waals surface area contributed by atoms with E-state index in [1.54, 1.807) is 0 Å². The molecule has 9 heteroatoms. The molecule has 9 nitrogen and oxygen atoms in total. The highest BCUT2D eigenvalue weighted by Gasteiger charge is 2.30. The highest BCUT2D eigenvalue weighted by atomic mass is 16.5. The van der Waals surface area contributed by atoms with E-state index in [2.05, 4.69) is 10.6 Å². The van der Waals surface area contributed by atoms with E-state index in [0.29, 0.717) is 12.2 Å². The number of amides is 4. The summed E-state index contributed by atoms with van der Waals surface area (Å²) < 4.78 is 4.93. The van der Waals surface area contributed by atoms with Crippen LogP contribution in [0.4, 0.5) is 5.69 Å². The smallest absolute Gasteiger partial charge is 0.338 e. The first-order chi connectivity index (χ1) is 13.3. The Kier molecular flexibility index (Phi) is 7.25. The number of hydrogen-bond acceptors (Lipinski definition) is 6. The molecule has 0 unspecified atom stereocenters. The first-order valence-corrected chi connectivity index (χ1v) is 9.03. The topological polar surface area (TPSA) is 122 Å². The maximum absolute atomic E-state index is 12.0. The number of nitrogens with zero attached hydrogens (tertiary/aromatic N) is 1. The number of esters is 1. The fourth-order valence-corrected chi connectivity index (χ4v) is 2.58. The number of carbonyl (C=O) groups excluding carboxylic acids is 5. The molecule has 0 aliphatic carbocycles. The average molecular weight is 389 g/mol. The lowest BCUT2D eigenvalue weighted by molar-refractivity contribution is -0.130. The zero-order valence-corrected chi connectivity index (χ0v) is 15.8. The number of anilines is 1. The molecule has 1 aromatic carbocycles. The summed E-state index contributed by atoms with van der Waals surface area (Å²) in [6.07, 6.45) is 1.13. The summed E-state index contributed by atoms with van der Waals surface area (Å²) in [6, 6.07) is 5.02. The van der Waals surface area contributed by atoms with Gasteiger partial charge in [0, 0.05) is 19.4 Å². The van der Waals surface area contributed by atoms with Crippen LogP contribution in [-0.4, -0.2) is 48.8 Å². The van der Waals surface area contributed by atoms with Crippen LogP contribution in [0.1, 0.15) is 43.5 Å². The van der Waals surface area contributed by atoms with Crippen LogP contribution in [-0.2, 0) is 23.9 Å². The summed E-state index contributed by atoms with van der Waals surface area (Å²) in [4.78, 5) is 60.1. The van der Waals surface area contributed by atoms with Crippen LogP contribution >= 0.6 is 0 Å². The molecular weight excluding hydrogens is 366 g/mol. The van der Waals surface area contributed by atoms with Gasteiger partial charge in [-0.25, -0.2) is 4.79 Å². The summed E-state index contributed by atoms with van der Waals surface area (Å²) in [5.41, 5.74) is 0.554. The van der Waals surface area contributed by atoms with Crippen molar-refractivity contribution in [1.82, 2.24) is 10.6 Å². The molecule has 1 heterocycles. The van der Waals surface area contributed by atoms with E-state index in [1.807, 2.05) is 6.92 Å². The molecule has 0 spiro atoms. The van der Waals surface area contributed by atoms with Gasteiger partial charge in [0.1, 0.15) is 6.04 Å². The second-order valence-corrected chi connectivity index (χ2v) is 6.33. The van der Waals surface area contributed by atoms with Crippen molar-refractivity contribution in [3.63, 3.8) is 0 Å². The van der Waals surface area contributed by atoms with E-state index in [1.165, 1.54) is 31.2 Å². The van der Waals surface area contributed by atoms with Gasteiger partial charge < -0.3 is 15.4 Å². The van der Waals surface area contributed by atoms with Crippen LogP contribution in [0.5, 0.6) is 0 Å². The lowest BCUT2D eigenvalue weighted by atomic mass is 10.2. The maximum atomic E-state index is 12.0. The second-order valence-electron chi connectivity index (χ2n) is 6.33. The Hall–Kier alpha value is -3.23. The Labute approximate surface area is 162 Å². The molecule has 1 aliphatic rings. The number of carbonyl (C=O) groups is 5. The maximum Gasteiger partial charge on any atom is 0.338 e. The fraction of sp³-hybridized carbons (Fsp3) is 0.421. The van der Waals surface area contributed by atoms with Crippen molar-refractivity contribution in [3.8, 4) is 0 Å². The van der Waals surface area contributed by atoms with Gasteiger partial charge in [-0.2, -0.15) is 0 Å². The van der Waals surface area contributed by atoms with Crippen molar-refractivity contribution in [2.75, 3.05) is 18.1 Å². The third kappa shape index (κ3) is 5.38. The molecular formula is C19H23N3O6. The molecule has 0 radical (unpaired) electrons. The molecule has 28 heavy (non-hydrogen) atoms. The Morgan fingerprint density at radius 2 is 1.71 bits per heavy atom. The van der Waals surface area contributed by atoms with E-state index >= 15 is 0 Å². The molecule has 2 rings (SSSR count). The highest BCUT2D eigenvalue weighted by molar-refractivity contribution is 6.19. The number of ether oxygens (including phenoxy) is 1. The number of imide groups is 1. The van der Waals surface area contributed by atoms with E-state index in [-0.39, 0.29) is 36.1 Å². The van der Waals surface area contributed by atoms with Gasteiger partial charge in [0.15, 0.2) is 6.61 Å². The summed E-state index contributed by atoms with van der Waals surface area (Å²) >= 11 is 0. The lowest BCUT2D eigenvalue weighted by Gasteiger charge is -2.15. The molecule has 1 fully saturated rings. The van der Waals surface area contributed by atoms with E-state index in [9.17, 15) is 24.0 Å². The third-order valence-electron chi connectivity index (χ3n) is 4.07. The minimum Gasteiger partial charge on any atom is -0.452 e. The SMILES string of the molecule is CCCNC(=O)[C@H](C)NC(=O)COC(=O)c1ccc(N2C(=O)CCC2=O)cc1. The zero-order chi connectivity index (χ0) is 20.7. The molecule has 1 saturated heterocycles. The molecule has 150 valence electrons. The Balaban J connectivity index is 1.84. The Morgan fingerprint density at radius 3 is 2.29 bits per heavy atom. The van der Waals surface area contributed by atoms with Crippen LogP contribution in [0.3, 0.4) is 0 Å². The monoisotopic (exact) mass is 389 g/mol. The quantitative estimate of drug-likeness (QED) is 0.494. The molecule has 1 atom stereocenters. The van der Waals surface area contributed by atoms with Crippen LogP contribution in [0.2, 0.25) is 0 Å². The van der Waals surface area contributed by atoms with Gasteiger partial charge in [0.05, 0.1) is 11.3 Å². The number of rotatable bonds is 8. The lowest BCUT2D eigenvalue weighted by Crippen LogP contribution is -2.46. The summed E-state index contributed by atoms with van der Waals surface area (Å²) in [7, 11) is 0. The minimum absolute atomic E-state index is 0.171. The van der Waals surface area contributed by atoms with E-state index < -0.39 is 24.5 Å². The van der Waals surface area contributed by atoms with Gasteiger partial charge in [-0.1, -0.05) is 6.92 Å². The van der Waals surface area contributed by atoms with Crippen molar-refractivity contribution in [2.45, 2.75) is 39.2 Å². The standard InChI is InChI=1S/C19H23N3O6/c1-3-10-20-18(26)12(2)21-15(23)11-28-19(27)13-4-6-14(7-5-13)22-16(24)8-9-17(22)25/h4-7,12H,3,8-11H2,1-2H3,(H,20,26)(H,21,23)/t12-/m0/s1. The van der Waals surface area contributed by atoms with E-state index in [4.69, 9.17) is 4.74 Å². The molecule has 0 aromatic heterocycles. The van der Waals surface area contributed by atoms with Crippen molar-refractivity contribution in [3.05, 3.63) is 29.8 Å².